The van der Waals surface area contributed by atoms with E-state index in [-0.39, 0.29) is 11.7 Å². The van der Waals surface area contributed by atoms with Crippen LogP contribution >= 0.6 is 0 Å². The van der Waals surface area contributed by atoms with Crippen LogP contribution in [0.4, 0.5) is 11.5 Å². The Hall–Kier alpha value is -3.39. The van der Waals surface area contributed by atoms with Gasteiger partial charge in [-0.3, -0.25) is 9.89 Å². The van der Waals surface area contributed by atoms with E-state index in [2.05, 4.69) is 37.3 Å². The molecule has 3 aromatic rings. The third-order valence-electron chi connectivity index (χ3n) is 4.84. The van der Waals surface area contributed by atoms with E-state index in [0.29, 0.717) is 22.6 Å². The average Bonchev–Trinajstić information content (AvgIpc) is 3.20. The molecule has 1 aliphatic heterocycles. The molecule has 1 fully saturated rings. The summed E-state index contributed by atoms with van der Waals surface area (Å²) in [6, 6.07) is 12.2. The van der Waals surface area contributed by atoms with Crippen molar-refractivity contribution < 1.29 is 9.90 Å². The Morgan fingerprint density at radius 1 is 1.14 bits per heavy atom. The normalized spacial score (nSPS) is 14.8. The average molecular weight is 378 g/mol. The maximum Gasteiger partial charge on any atom is 0.273 e. The molecule has 0 unspecified atom stereocenters. The van der Waals surface area contributed by atoms with E-state index in [1.54, 1.807) is 36.5 Å². The van der Waals surface area contributed by atoms with Crippen LogP contribution in [0.25, 0.3) is 11.3 Å². The molecule has 0 atom stereocenters. The van der Waals surface area contributed by atoms with Crippen LogP contribution in [0.15, 0.2) is 48.7 Å². The summed E-state index contributed by atoms with van der Waals surface area (Å²) < 4.78 is 0. The Balaban J connectivity index is 1.42. The molecule has 8 heteroatoms. The monoisotopic (exact) mass is 378 g/mol. The second kappa shape index (κ2) is 7.69. The number of H-pyrrole nitrogens is 1. The number of nitrogens with one attached hydrogen (secondary N) is 2. The van der Waals surface area contributed by atoms with Gasteiger partial charge in [-0.2, -0.15) is 5.10 Å². The third-order valence-corrected chi connectivity index (χ3v) is 4.84. The van der Waals surface area contributed by atoms with Crippen molar-refractivity contribution in [2.45, 2.75) is 0 Å². The second-order valence-electron chi connectivity index (χ2n) is 6.83. The molecule has 28 heavy (non-hydrogen) atoms. The number of pyridine rings is 1. The summed E-state index contributed by atoms with van der Waals surface area (Å²) in [5.74, 6) is 0.711. The summed E-state index contributed by atoms with van der Waals surface area (Å²) in [6.07, 6.45) is 1.66. The van der Waals surface area contributed by atoms with Gasteiger partial charge in [0, 0.05) is 31.7 Å². The highest BCUT2D eigenvalue weighted by Gasteiger charge is 2.16. The molecule has 0 bridgehead atoms. The summed E-state index contributed by atoms with van der Waals surface area (Å²) in [7, 11) is 2.11. The highest BCUT2D eigenvalue weighted by molar-refractivity contribution is 6.03. The van der Waals surface area contributed by atoms with Crippen LogP contribution < -0.4 is 10.2 Å². The van der Waals surface area contributed by atoms with Gasteiger partial charge < -0.3 is 20.2 Å². The topological polar surface area (TPSA) is 97.4 Å². The molecule has 0 aliphatic carbocycles. The second-order valence-corrected chi connectivity index (χ2v) is 6.83. The van der Waals surface area contributed by atoms with Crippen molar-refractivity contribution in [2.24, 2.45) is 0 Å². The van der Waals surface area contributed by atoms with Crippen molar-refractivity contribution in [2.75, 3.05) is 43.4 Å². The number of hydrogen-bond acceptors (Lipinski definition) is 6. The third kappa shape index (κ3) is 3.81. The number of phenols is 1. The van der Waals surface area contributed by atoms with Gasteiger partial charge in [0.1, 0.15) is 17.3 Å². The number of rotatable bonds is 4. The molecule has 1 amide bonds. The van der Waals surface area contributed by atoms with Gasteiger partial charge in [0.15, 0.2) is 0 Å². The van der Waals surface area contributed by atoms with E-state index in [0.717, 1.165) is 32.0 Å². The van der Waals surface area contributed by atoms with E-state index in [9.17, 15) is 9.90 Å². The van der Waals surface area contributed by atoms with E-state index in [1.165, 1.54) is 0 Å². The minimum atomic E-state index is -0.316. The molecule has 3 N–H and O–H groups in total. The van der Waals surface area contributed by atoms with Crippen LogP contribution in [0.1, 0.15) is 10.5 Å². The number of anilines is 2. The number of likely N-dealkylation sites (N-methyl/N-ethyl adjacent to an activating group) is 1. The van der Waals surface area contributed by atoms with Gasteiger partial charge in [-0.05, 0) is 37.4 Å². The molecule has 0 saturated carbocycles. The zero-order valence-electron chi connectivity index (χ0n) is 15.6. The number of carbonyl (C=O) groups excluding carboxylic acids is 1. The van der Waals surface area contributed by atoms with Gasteiger partial charge in [-0.1, -0.05) is 12.1 Å². The molecule has 144 valence electrons. The Morgan fingerprint density at radius 2 is 1.93 bits per heavy atom. The fourth-order valence-electron chi connectivity index (χ4n) is 3.15. The fourth-order valence-corrected chi connectivity index (χ4v) is 3.15. The lowest BCUT2D eigenvalue weighted by atomic mass is 10.1. The smallest absolute Gasteiger partial charge is 0.273 e. The molecule has 2 aromatic heterocycles. The summed E-state index contributed by atoms with van der Waals surface area (Å²) >= 11 is 0. The van der Waals surface area contributed by atoms with Crippen molar-refractivity contribution in [1.82, 2.24) is 20.1 Å². The minimum Gasteiger partial charge on any atom is -0.507 e. The van der Waals surface area contributed by atoms with Crippen molar-refractivity contribution in [3.63, 3.8) is 0 Å². The number of aromatic amines is 1. The number of phenolic OH excluding ortho intramolecular Hbond substituents is 1. The maximum absolute atomic E-state index is 12.5. The number of piperazine rings is 1. The number of para-hydroxylation sites is 1. The van der Waals surface area contributed by atoms with E-state index in [4.69, 9.17) is 0 Å². The zero-order valence-corrected chi connectivity index (χ0v) is 15.6. The van der Waals surface area contributed by atoms with Crippen molar-refractivity contribution >= 4 is 17.4 Å². The summed E-state index contributed by atoms with van der Waals surface area (Å²) in [5, 5.41) is 19.6. The Labute approximate surface area is 162 Å². The Morgan fingerprint density at radius 3 is 2.64 bits per heavy atom. The number of hydrogen-bond donors (Lipinski definition) is 3. The van der Waals surface area contributed by atoms with E-state index in [1.807, 2.05) is 12.1 Å². The Kier molecular flexibility index (Phi) is 4.94. The largest absolute Gasteiger partial charge is 0.507 e. The van der Waals surface area contributed by atoms with Crippen LogP contribution in [0.5, 0.6) is 5.75 Å². The minimum absolute atomic E-state index is 0.115. The SMILES string of the molecule is CN1CCN(c2ccc(NC(=O)c3cc(-c4ccccc4O)n[nH]3)cn2)CC1. The summed E-state index contributed by atoms with van der Waals surface area (Å²) in [6.45, 7) is 3.91. The predicted octanol–water partition coefficient (Wildman–Crippen LogP) is 2.18. The molecule has 4 rings (SSSR count). The summed E-state index contributed by atoms with van der Waals surface area (Å²) in [4.78, 5) is 21.5. The molecule has 1 aromatic carbocycles. The van der Waals surface area contributed by atoms with E-state index >= 15 is 0 Å². The zero-order chi connectivity index (χ0) is 19.5. The first-order valence-corrected chi connectivity index (χ1v) is 9.15. The van der Waals surface area contributed by atoms with Crippen molar-refractivity contribution in [3.05, 3.63) is 54.4 Å². The molecule has 0 radical (unpaired) electrons. The maximum atomic E-state index is 12.5. The molecule has 3 heterocycles. The first-order chi connectivity index (χ1) is 13.6. The van der Waals surface area contributed by atoms with Gasteiger partial charge in [-0.15, -0.1) is 0 Å². The van der Waals surface area contributed by atoms with Crippen LogP contribution in [0.3, 0.4) is 0 Å². The molecular weight excluding hydrogens is 356 g/mol. The van der Waals surface area contributed by atoms with Crippen LogP contribution in [0.2, 0.25) is 0 Å². The van der Waals surface area contributed by atoms with Gasteiger partial charge in [0.05, 0.1) is 17.6 Å². The van der Waals surface area contributed by atoms with Crippen LogP contribution in [-0.2, 0) is 0 Å². The molecule has 1 aliphatic rings. The number of aromatic hydroxyl groups is 1. The van der Waals surface area contributed by atoms with E-state index < -0.39 is 0 Å². The predicted molar refractivity (Wildman–Crippen MR) is 108 cm³/mol. The fraction of sp³-hybridized carbons (Fsp3) is 0.250. The first-order valence-electron chi connectivity index (χ1n) is 9.15. The standard InChI is InChI=1S/C20H22N6O2/c1-25-8-10-26(11-9-25)19-7-6-14(13-21-19)22-20(28)17-12-16(23-24-17)15-4-2-3-5-18(15)27/h2-7,12-13,27H,8-11H2,1H3,(H,22,28)(H,23,24). The Bertz CT molecular complexity index is 961. The molecular formula is C20H22N6O2. The lowest BCUT2D eigenvalue weighted by Crippen LogP contribution is -2.44. The van der Waals surface area contributed by atoms with Crippen molar-refractivity contribution in [3.8, 4) is 17.0 Å². The number of amides is 1. The van der Waals surface area contributed by atoms with Crippen LogP contribution in [0, 0.1) is 0 Å². The van der Waals surface area contributed by atoms with Gasteiger partial charge in [0.2, 0.25) is 0 Å². The quantitative estimate of drug-likeness (QED) is 0.644. The number of nitrogens with zero attached hydrogens (tertiary/aromatic N) is 4. The number of benzene rings is 1. The molecule has 8 nitrogen and oxygen atoms in total. The van der Waals surface area contributed by atoms with Gasteiger partial charge in [0.25, 0.3) is 5.91 Å². The highest BCUT2D eigenvalue weighted by atomic mass is 16.3. The molecule has 0 spiro atoms. The number of carbonyl (C=O) groups is 1. The summed E-state index contributed by atoms with van der Waals surface area (Å²) in [5.41, 5.74) is 1.99. The van der Waals surface area contributed by atoms with Crippen LogP contribution in [-0.4, -0.2) is 64.3 Å². The first kappa shape index (κ1) is 18.0. The van der Waals surface area contributed by atoms with Gasteiger partial charge >= 0.3 is 0 Å². The lowest BCUT2D eigenvalue weighted by molar-refractivity contribution is 0.102. The lowest BCUT2D eigenvalue weighted by Gasteiger charge is -2.33. The van der Waals surface area contributed by atoms with Crippen molar-refractivity contribution in [1.29, 1.82) is 0 Å². The highest BCUT2D eigenvalue weighted by Crippen LogP contribution is 2.27. The number of aromatic nitrogens is 3. The molecule has 1 saturated heterocycles. The van der Waals surface area contributed by atoms with Gasteiger partial charge in [-0.25, -0.2) is 4.98 Å².